The topological polar surface area (TPSA) is 59.0 Å². The number of nitrogens with zero attached hydrogens (tertiary/aromatic N) is 1. The molecule has 0 saturated carbocycles. The number of carbonyl (C=O) groups is 1. The van der Waals surface area contributed by atoms with E-state index in [1.54, 1.807) is 0 Å². The third-order valence-electron chi connectivity index (χ3n) is 4.12. The van der Waals surface area contributed by atoms with Crippen LogP contribution in [0.4, 0.5) is 4.79 Å². The molecular formula is C19H21NO4. The summed E-state index contributed by atoms with van der Waals surface area (Å²) >= 11 is 0. The van der Waals surface area contributed by atoms with Crippen LogP contribution in [0.25, 0.3) is 0 Å². The zero-order valence-corrected chi connectivity index (χ0v) is 13.4. The third kappa shape index (κ3) is 4.19. The van der Waals surface area contributed by atoms with Crippen molar-refractivity contribution in [3.8, 4) is 11.5 Å². The average molecular weight is 327 g/mol. The normalized spacial score (nSPS) is 16.8. The van der Waals surface area contributed by atoms with Gasteiger partial charge in [-0.25, -0.2) is 4.79 Å². The Bertz CT molecular complexity index is 674. The summed E-state index contributed by atoms with van der Waals surface area (Å²) in [6, 6.07) is 17.3. The Balaban J connectivity index is 1.54. The van der Waals surface area contributed by atoms with Gasteiger partial charge in [-0.2, -0.15) is 0 Å². The molecule has 1 aliphatic rings. The Labute approximate surface area is 141 Å². The van der Waals surface area contributed by atoms with Gasteiger partial charge in [0.1, 0.15) is 24.7 Å². The zero-order valence-electron chi connectivity index (χ0n) is 13.4. The van der Waals surface area contributed by atoms with Gasteiger partial charge in [0.25, 0.3) is 0 Å². The van der Waals surface area contributed by atoms with Crippen LogP contribution in [0.3, 0.4) is 0 Å². The van der Waals surface area contributed by atoms with Crippen molar-refractivity contribution in [3.05, 3.63) is 60.2 Å². The lowest BCUT2D eigenvalue weighted by atomic mass is 10.2. The zero-order chi connectivity index (χ0) is 16.8. The Kier molecular flexibility index (Phi) is 5.21. The maximum Gasteiger partial charge on any atom is 0.407 e. The standard InChI is InChI=1S/C19H21NO4/c21-19(22)20-11-5-8-16(20)14-24-18-10-4-9-17(12-18)23-13-15-6-2-1-3-7-15/h1-4,6-7,9-10,12,16H,5,8,11,13-14H2,(H,21,22)/t16-/m0/s1. The van der Waals surface area contributed by atoms with Gasteiger partial charge in [0.15, 0.2) is 0 Å². The molecule has 0 aromatic heterocycles. The molecule has 1 saturated heterocycles. The van der Waals surface area contributed by atoms with Gasteiger partial charge in [-0.15, -0.1) is 0 Å². The van der Waals surface area contributed by atoms with Crippen LogP contribution in [-0.2, 0) is 6.61 Å². The van der Waals surface area contributed by atoms with E-state index in [1.807, 2.05) is 54.6 Å². The molecule has 3 rings (SSSR count). The molecule has 1 fully saturated rings. The first-order chi connectivity index (χ1) is 11.7. The van der Waals surface area contributed by atoms with Crippen LogP contribution in [0.1, 0.15) is 18.4 Å². The van der Waals surface area contributed by atoms with Gasteiger partial charge in [-0.1, -0.05) is 36.4 Å². The molecule has 1 amide bonds. The number of amides is 1. The molecule has 5 heteroatoms. The lowest BCUT2D eigenvalue weighted by Gasteiger charge is -2.21. The number of ether oxygens (including phenoxy) is 2. The molecule has 0 radical (unpaired) electrons. The molecule has 1 aliphatic heterocycles. The summed E-state index contributed by atoms with van der Waals surface area (Å²) in [5.41, 5.74) is 1.10. The molecule has 1 heterocycles. The monoisotopic (exact) mass is 327 g/mol. The van der Waals surface area contributed by atoms with E-state index in [2.05, 4.69) is 0 Å². The lowest BCUT2D eigenvalue weighted by molar-refractivity contribution is 0.123. The minimum Gasteiger partial charge on any atom is -0.491 e. The van der Waals surface area contributed by atoms with Crippen molar-refractivity contribution in [1.82, 2.24) is 4.90 Å². The number of benzene rings is 2. The van der Waals surface area contributed by atoms with Crippen molar-refractivity contribution in [1.29, 1.82) is 0 Å². The Morgan fingerprint density at radius 1 is 1.08 bits per heavy atom. The first-order valence-electron chi connectivity index (χ1n) is 8.11. The smallest absolute Gasteiger partial charge is 0.407 e. The van der Waals surface area contributed by atoms with E-state index in [4.69, 9.17) is 14.6 Å². The first kappa shape index (κ1) is 16.2. The molecule has 2 aromatic rings. The highest BCUT2D eigenvalue weighted by molar-refractivity contribution is 5.65. The van der Waals surface area contributed by atoms with Crippen molar-refractivity contribution in [2.45, 2.75) is 25.5 Å². The Hall–Kier alpha value is -2.69. The SMILES string of the molecule is O=C(O)N1CCC[C@H]1COc1cccc(OCc2ccccc2)c1. The van der Waals surface area contributed by atoms with Crippen LogP contribution in [0.15, 0.2) is 54.6 Å². The molecule has 1 atom stereocenters. The van der Waals surface area contributed by atoms with Gasteiger partial charge in [-0.3, -0.25) is 0 Å². The van der Waals surface area contributed by atoms with Gasteiger partial charge in [0.2, 0.25) is 0 Å². The summed E-state index contributed by atoms with van der Waals surface area (Å²) in [5.74, 6) is 1.43. The fourth-order valence-corrected chi connectivity index (χ4v) is 2.85. The highest BCUT2D eigenvalue weighted by Crippen LogP contribution is 2.23. The summed E-state index contributed by atoms with van der Waals surface area (Å²) in [6.45, 7) is 1.46. The van der Waals surface area contributed by atoms with Crippen LogP contribution in [0.5, 0.6) is 11.5 Å². The predicted octanol–water partition coefficient (Wildman–Crippen LogP) is 3.79. The molecule has 0 unspecified atom stereocenters. The number of hydrogen-bond donors (Lipinski definition) is 1. The molecule has 0 aliphatic carbocycles. The summed E-state index contributed by atoms with van der Waals surface area (Å²) < 4.78 is 11.6. The first-order valence-corrected chi connectivity index (χ1v) is 8.11. The molecule has 2 aromatic carbocycles. The maximum atomic E-state index is 11.1. The third-order valence-corrected chi connectivity index (χ3v) is 4.12. The number of carboxylic acid groups (broad SMARTS) is 1. The fourth-order valence-electron chi connectivity index (χ4n) is 2.85. The molecule has 1 N–H and O–H groups in total. The van der Waals surface area contributed by atoms with Crippen molar-refractivity contribution in [2.24, 2.45) is 0 Å². The van der Waals surface area contributed by atoms with E-state index >= 15 is 0 Å². The van der Waals surface area contributed by atoms with Crippen LogP contribution in [0.2, 0.25) is 0 Å². The summed E-state index contributed by atoms with van der Waals surface area (Å²) in [7, 11) is 0. The highest BCUT2D eigenvalue weighted by Gasteiger charge is 2.28. The van der Waals surface area contributed by atoms with Gasteiger partial charge >= 0.3 is 6.09 Å². The van der Waals surface area contributed by atoms with E-state index in [1.165, 1.54) is 4.90 Å². The Morgan fingerprint density at radius 2 is 1.83 bits per heavy atom. The second-order valence-corrected chi connectivity index (χ2v) is 5.83. The second-order valence-electron chi connectivity index (χ2n) is 5.83. The van der Waals surface area contributed by atoms with Crippen molar-refractivity contribution < 1.29 is 19.4 Å². The van der Waals surface area contributed by atoms with E-state index in [-0.39, 0.29) is 6.04 Å². The minimum absolute atomic E-state index is 0.0728. The van der Waals surface area contributed by atoms with Gasteiger partial charge < -0.3 is 19.5 Å². The summed E-state index contributed by atoms with van der Waals surface area (Å²) in [5, 5.41) is 9.15. The number of rotatable bonds is 6. The predicted molar refractivity (Wildman–Crippen MR) is 90.5 cm³/mol. The quantitative estimate of drug-likeness (QED) is 0.877. The molecular weight excluding hydrogens is 306 g/mol. The largest absolute Gasteiger partial charge is 0.491 e. The van der Waals surface area contributed by atoms with Gasteiger partial charge in [0, 0.05) is 12.6 Å². The van der Waals surface area contributed by atoms with Crippen LogP contribution in [0, 0.1) is 0 Å². The molecule has 5 nitrogen and oxygen atoms in total. The van der Waals surface area contributed by atoms with Crippen molar-refractivity contribution in [2.75, 3.05) is 13.2 Å². The Morgan fingerprint density at radius 3 is 2.58 bits per heavy atom. The number of likely N-dealkylation sites (tertiary alicyclic amines) is 1. The molecule has 0 spiro atoms. The molecule has 24 heavy (non-hydrogen) atoms. The fraction of sp³-hybridized carbons (Fsp3) is 0.316. The van der Waals surface area contributed by atoms with Crippen LogP contribution < -0.4 is 9.47 Å². The van der Waals surface area contributed by atoms with Gasteiger partial charge in [0.05, 0.1) is 6.04 Å². The highest BCUT2D eigenvalue weighted by atomic mass is 16.5. The van der Waals surface area contributed by atoms with Gasteiger partial charge in [-0.05, 0) is 30.5 Å². The molecule has 126 valence electrons. The van der Waals surface area contributed by atoms with Crippen molar-refractivity contribution >= 4 is 6.09 Å². The summed E-state index contributed by atoms with van der Waals surface area (Å²) in [6.07, 6.45) is 0.859. The average Bonchev–Trinajstić information content (AvgIpc) is 3.08. The lowest BCUT2D eigenvalue weighted by Crippen LogP contribution is -2.37. The minimum atomic E-state index is -0.874. The van der Waals surface area contributed by atoms with E-state index < -0.39 is 6.09 Å². The molecule has 0 bridgehead atoms. The maximum absolute atomic E-state index is 11.1. The van der Waals surface area contributed by atoms with E-state index in [0.29, 0.717) is 25.5 Å². The van der Waals surface area contributed by atoms with Crippen LogP contribution in [-0.4, -0.2) is 35.3 Å². The van der Waals surface area contributed by atoms with Crippen LogP contribution >= 0.6 is 0 Å². The van der Waals surface area contributed by atoms with Crippen molar-refractivity contribution in [3.63, 3.8) is 0 Å². The van der Waals surface area contributed by atoms with E-state index in [0.717, 1.165) is 24.2 Å². The summed E-state index contributed by atoms with van der Waals surface area (Å²) in [4.78, 5) is 12.6. The van der Waals surface area contributed by atoms with E-state index in [9.17, 15) is 4.79 Å². The second kappa shape index (κ2) is 7.73. The number of hydrogen-bond acceptors (Lipinski definition) is 3.